The van der Waals surface area contributed by atoms with Crippen molar-refractivity contribution in [3.05, 3.63) is 60.7 Å². The molecule has 6 heteroatoms. The summed E-state index contributed by atoms with van der Waals surface area (Å²) in [6, 6.07) is 20.5. The van der Waals surface area contributed by atoms with Crippen molar-refractivity contribution in [1.29, 1.82) is 0 Å². The lowest BCUT2D eigenvalue weighted by atomic mass is 10.0. The molecule has 0 aliphatic carbocycles. The van der Waals surface area contributed by atoms with Crippen molar-refractivity contribution in [2.75, 3.05) is 55.7 Å². The quantitative estimate of drug-likeness (QED) is 0.590. The molecule has 0 bridgehead atoms. The van der Waals surface area contributed by atoms with E-state index in [0.29, 0.717) is 24.8 Å². The van der Waals surface area contributed by atoms with Gasteiger partial charge in [-0.05, 0) is 49.1 Å². The molecule has 1 amide bonds. The van der Waals surface area contributed by atoms with Gasteiger partial charge in [0, 0.05) is 50.3 Å². The largest absolute Gasteiger partial charge is 0.481 e. The minimum Gasteiger partial charge on any atom is -0.481 e. The first kappa shape index (κ1) is 21.6. The zero-order valence-corrected chi connectivity index (χ0v) is 19.3. The SMILES string of the molecule is C[C@@H]1CCCN(c2ccc3cccc(OCC(=O)N4CCN(c5ccccc5)CC4)c3n2)C1. The summed E-state index contributed by atoms with van der Waals surface area (Å²) in [5.41, 5.74) is 2.04. The molecule has 2 fully saturated rings. The van der Waals surface area contributed by atoms with E-state index in [1.807, 2.05) is 29.2 Å². The van der Waals surface area contributed by atoms with Crippen molar-refractivity contribution in [3.63, 3.8) is 0 Å². The second kappa shape index (κ2) is 9.69. The second-order valence-electron chi connectivity index (χ2n) is 9.18. The molecule has 33 heavy (non-hydrogen) atoms. The van der Waals surface area contributed by atoms with Crippen LogP contribution in [0.15, 0.2) is 60.7 Å². The zero-order valence-electron chi connectivity index (χ0n) is 19.3. The summed E-state index contributed by atoms with van der Waals surface area (Å²) in [7, 11) is 0. The number of piperazine rings is 1. The van der Waals surface area contributed by atoms with Crippen LogP contribution in [0.25, 0.3) is 10.9 Å². The highest BCUT2D eigenvalue weighted by Crippen LogP contribution is 2.28. The molecular formula is C27H32N4O2. The molecule has 3 aromatic rings. The number of pyridine rings is 1. The van der Waals surface area contributed by atoms with Gasteiger partial charge in [-0.25, -0.2) is 4.98 Å². The summed E-state index contributed by atoms with van der Waals surface area (Å²) in [6.07, 6.45) is 2.48. The molecule has 2 saturated heterocycles. The number of nitrogens with zero attached hydrogens (tertiary/aromatic N) is 4. The lowest BCUT2D eigenvalue weighted by molar-refractivity contribution is -0.133. The van der Waals surface area contributed by atoms with Gasteiger partial charge < -0.3 is 19.4 Å². The Bertz CT molecular complexity index is 1100. The molecule has 0 radical (unpaired) electrons. The van der Waals surface area contributed by atoms with Crippen LogP contribution in [0, 0.1) is 5.92 Å². The number of piperidine rings is 1. The second-order valence-corrected chi connectivity index (χ2v) is 9.18. The summed E-state index contributed by atoms with van der Waals surface area (Å²) in [5, 5.41) is 1.03. The number of carbonyl (C=O) groups excluding carboxylic acids is 1. The molecule has 2 aromatic carbocycles. The molecule has 1 atom stereocenters. The fourth-order valence-electron chi connectivity index (χ4n) is 4.88. The number of aromatic nitrogens is 1. The van der Waals surface area contributed by atoms with Gasteiger partial charge in [-0.2, -0.15) is 0 Å². The highest BCUT2D eigenvalue weighted by Gasteiger charge is 2.22. The molecule has 0 spiro atoms. The Morgan fingerprint density at radius 1 is 0.939 bits per heavy atom. The fourth-order valence-corrected chi connectivity index (χ4v) is 4.88. The van der Waals surface area contributed by atoms with Crippen LogP contribution in [0.3, 0.4) is 0 Å². The smallest absolute Gasteiger partial charge is 0.260 e. The Kier molecular flexibility index (Phi) is 6.33. The lowest BCUT2D eigenvalue weighted by Crippen LogP contribution is -2.50. The van der Waals surface area contributed by atoms with Gasteiger partial charge in [-0.3, -0.25) is 4.79 Å². The van der Waals surface area contributed by atoms with Gasteiger partial charge in [-0.15, -0.1) is 0 Å². The number of rotatable bonds is 5. The van der Waals surface area contributed by atoms with Gasteiger partial charge in [0.1, 0.15) is 17.1 Å². The number of benzene rings is 2. The number of anilines is 2. The summed E-state index contributed by atoms with van der Waals surface area (Å²) in [5.74, 6) is 2.38. The minimum atomic E-state index is 0.0284. The molecule has 6 nitrogen and oxygen atoms in total. The minimum absolute atomic E-state index is 0.0284. The molecule has 0 unspecified atom stereocenters. The average molecular weight is 445 g/mol. The van der Waals surface area contributed by atoms with E-state index in [2.05, 4.69) is 53.1 Å². The summed E-state index contributed by atoms with van der Waals surface area (Å²) < 4.78 is 6.02. The van der Waals surface area contributed by atoms with Crippen LogP contribution in [0.4, 0.5) is 11.5 Å². The molecule has 172 valence electrons. The summed E-state index contributed by atoms with van der Waals surface area (Å²) in [6.45, 7) is 7.51. The number of ether oxygens (including phenoxy) is 1. The van der Waals surface area contributed by atoms with E-state index in [9.17, 15) is 4.79 Å². The maximum absolute atomic E-state index is 12.9. The van der Waals surface area contributed by atoms with Gasteiger partial charge >= 0.3 is 0 Å². The maximum Gasteiger partial charge on any atom is 0.260 e. The highest BCUT2D eigenvalue weighted by atomic mass is 16.5. The van der Waals surface area contributed by atoms with Gasteiger partial charge in [0.05, 0.1) is 0 Å². The van der Waals surface area contributed by atoms with Crippen molar-refractivity contribution >= 4 is 28.3 Å². The van der Waals surface area contributed by atoms with Gasteiger partial charge in [0.2, 0.25) is 0 Å². The number of carbonyl (C=O) groups is 1. The number of hydrogen-bond acceptors (Lipinski definition) is 5. The van der Waals surface area contributed by atoms with Gasteiger partial charge in [0.25, 0.3) is 5.91 Å². The normalized spacial score (nSPS) is 19.1. The van der Waals surface area contributed by atoms with E-state index in [4.69, 9.17) is 9.72 Å². The average Bonchev–Trinajstić information content (AvgIpc) is 2.87. The summed E-state index contributed by atoms with van der Waals surface area (Å²) in [4.78, 5) is 24.4. The molecule has 2 aliphatic rings. The molecule has 5 rings (SSSR count). The standard InChI is InChI=1S/C27H32N4O2/c1-21-7-6-14-31(19-21)25-13-12-22-8-5-11-24(27(22)28-25)33-20-26(32)30-17-15-29(16-18-30)23-9-3-2-4-10-23/h2-5,8-13,21H,6-7,14-20H2,1H3/t21-/m1/s1. The fraction of sp³-hybridized carbons (Fsp3) is 0.407. The van der Waals surface area contributed by atoms with Gasteiger partial charge in [0.15, 0.2) is 6.61 Å². The number of para-hydroxylation sites is 2. The molecular weight excluding hydrogens is 412 g/mol. The first-order valence-corrected chi connectivity index (χ1v) is 12.0. The van der Waals surface area contributed by atoms with E-state index in [-0.39, 0.29) is 12.5 Å². The zero-order chi connectivity index (χ0) is 22.6. The van der Waals surface area contributed by atoms with Crippen molar-refractivity contribution in [2.45, 2.75) is 19.8 Å². The Labute approximate surface area is 195 Å². The Hall–Kier alpha value is -3.28. The lowest BCUT2D eigenvalue weighted by Gasteiger charge is -2.36. The molecule has 3 heterocycles. The van der Waals surface area contributed by atoms with Crippen molar-refractivity contribution in [1.82, 2.24) is 9.88 Å². The number of amides is 1. The van der Waals surface area contributed by atoms with E-state index in [1.54, 1.807) is 0 Å². The third kappa shape index (κ3) is 4.90. The third-order valence-electron chi connectivity index (χ3n) is 6.75. The third-order valence-corrected chi connectivity index (χ3v) is 6.75. The molecule has 0 N–H and O–H groups in total. The topological polar surface area (TPSA) is 48.9 Å². The van der Waals surface area contributed by atoms with Crippen LogP contribution in [0.2, 0.25) is 0 Å². The highest BCUT2D eigenvalue weighted by molar-refractivity contribution is 5.86. The van der Waals surface area contributed by atoms with Crippen LogP contribution < -0.4 is 14.5 Å². The predicted octanol–water partition coefficient (Wildman–Crippen LogP) is 4.20. The first-order chi connectivity index (χ1) is 16.2. The monoisotopic (exact) mass is 444 g/mol. The van der Waals surface area contributed by atoms with Crippen LogP contribution in [0.1, 0.15) is 19.8 Å². The predicted molar refractivity (Wildman–Crippen MR) is 133 cm³/mol. The van der Waals surface area contributed by atoms with Crippen LogP contribution in [-0.2, 0) is 4.79 Å². The number of fused-ring (bicyclic) bond motifs is 1. The Morgan fingerprint density at radius 3 is 2.55 bits per heavy atom. The van der Waals surface area contributed by atoms with E-state index < -0.39 is 0 Å². The first-order valence-electron chi connectivity index (χ1n) is 12.0. The van der Waals surface area contributed by atoms with Crippen molar-refractivity contribution in [3.8, 4) is 5.75 Å². The van der Waals surface area contributed by atoms with Crippen LogP contribution in [0.5, 0.6) is 5.75 Å². The Morgan fingerprint density at radius 2 is 1.76 bits per heavy atom. The van der Waals surface area contributed by atoms with Crippen LogP contribution >= 0.6 is 0 Å². The Balaban J connectivity index is 1.23. The summed E-state index contributed by atoms with van der Waals surface area (Å²) >= 11 is 0. The maximum atomic E-state index is 12.9. The molecule has 0 saturated carbocycles. The van der Waals surface area contributed by atoms with Crippen molar-refractivity contribution < 1.29 is 9.53 Å². The molecule has 1 aromatic heterocycles. The van der Waals surface area contributed by atoms with E-state index in [0.717, 1.165) is 42.9 Å². The van der Waals surface area contributed by atoms with Gasteiger partial charge in [-0.1, -0.05) is 37.3 Å². The van der Waals surface area contributed by atoms with E-state index in [1.165, 1.54) is 18.5 Å². The van der Waals surface area contributed by atoms with Crippen LogP contribution in [-0.4, -0.2) is 61.7 Å². The molecule has 2 aliphatic heterocycles. The van der Waals surface area contributed by atoms with E-state index >= 15 is 0 Å². The number of hydrogen-bond donors (Lipinski definition) is 0. The van der Waals surface area contributed by atoms with Crippen molar-refractivity contribution in [2.24, 2.45) is 5.92 Å².